The van der Waals surface area contributed by atoms with Crippen LogP contribution in [0.3, 0.4) is 0 Å². The van der Waals surface area contributed by atoms with E-state index >= 15 is 0 Å². The second-order valence-electron chi connectivity index (χ2n) is 6.90. The first-order valence-electron chi connectivity index (χ1n) is 9.15. The van der Waals surface area contributed by atoms with Gasteiger partial charge < -0.3 is 0 Å². The molecule has 0 bridgehead atoms. The van der Waals surface area contributed by atoms with Crippen LogP contribution in [0.25, 0.3) is 0 Å². The zero-order valence-electron chi connectivity index (χ0n) is 16.3. The van der Waals surface area contributed by atoms with Crippen molar-refractivity contribution in [2.75, 3.05) is 0 Å². The number of hydrazone groups is 1. The number of sulfonamides is 1. The quantitative estimate of drug-likeness (QED) is 0.484. The van der Waals surface area contributed by atoms with Gasteiger partial charge in [0.2, 0.25) is 0 Å². The highest BCUT2D eigenvalue weighted by Gasteiger charge is 2.18. The van der Waals surface area contributed by atoms with Gasteiger partial charge in [0.15, 0.2) is 0 Å². The van der Waals surface area contributed by atoms with Crippen molar-refractivity contribution in [1.82, 2.24) is 4.83 Å². The van der Waals surface area contributed by atoms with Crippen LogP contribution < -0.4 is 4.83 Å². The summed E-state index contributed by atoms with van der Waals surface area (Å²) in [6.07, 6.45) is 0. The summed E-state index contributed by atoms with van der Waals surface area (Å²) >= 11 is 0. The smallest absolute Gasteiger partial charge is 0.200 e. The highest BCUT2D eigenvalue weighted by Crippen LogP contribution is 2.22. The molecule has 0 unspecified atom stereocenters. The van der Waals surface area contributed by atoms with Crippen LogP contribution in [0.15, 0.2) is 88.9 Å². The number of benzene rings is 3. The van der Waals surface area contributed by atoms with E-state index in [-0.39, 0.29) is 10.8 Å². The van der Waals surface area contributed by atoms with Gasteiger partial charge in [0.05, 0.1) is 10.6 Å². The zero-order valence-corrected chi connectivity index (χ0v) is 17.1. The topological polar surface area (TPSA) is 58.5 Å². The number of aryl methyl sites for hydroxylation is 2. The number of hydrogen-bond acceptors (Lipinski definition) is 3. The molecule has 28 heavy (non-hydrogen) atoms. The maximum Gasteiger partial charge on any atom is 0.276 e. The van der Waals surface area contributed by atoms with Crippen molar-refractivity contribution in [1.29, 1.82) is 0 Å². The molecule has 3 aromatic rings. The number of nitrogens with zero attached hydrogens (tertiary/aromatic N) is 1. The van der Waals surface area contributed by atoms with Gasteiger partial charge in [-0.25, -0.2) is 0 Å². The van der Waals surface area contributed by atoms with Crippen molar-refractivity contribution < 1.29 is 8.42 Å². The van der Waals surface area contributed by atoms with E-state index in [0.29, 0.717) is 5.71 Å². The maximum atomic E-state index is 12.7. The predicted molar refractivity (Wildman–Crippen MR) is 114 cm³/mol. The molecule has 0 radical (unpaired) electrons. The van der Waals surface area contributed by atoms with E-state index in [1.807, 2.05) is 75.4 Å². The first kappa shape index (κ1) is 19.8. The van der Waals surface area contributed by atoms with Crippen molar-refractivity contribution in [3.63, 3.8) is 0 Å². The van der Waals surface area contributed by atoms with Crippen LogP contribution in [0.2, 0.25) is 0 Å². The van der Waals surface area contributed by atoms with Crippen LogP contribution in [0.5, 0.6) is 0 Å². The summed E-state index contributed by atoms with van der Waals surface area (Å²) in [6, 6.07) is 24.6. The lowest BCUT2D eigenvalue weighted by atomic mass is 9.91. The highest BCUT2D eigenvalue weighted by molar-refractivity contribution is 7.89. The normalized spacial score (nSPS) is 13.2. The first-order chi connectivity index (χ1) is 13.4. The minimum atomic E-state index is -3.74. The molecule has 0 aliphatic rings. The summed E-state index contributed by atoms with van der Waals surface area (Å²) < 4.78 is 25.3. The molecule has 0 amide bonds. The molecule has 1 N–H and O–H groups in total. The van der Waals surface area contributed by atoms with E-state index in [2.05, 4.69) is 9.93 Å². The van der Waals surface area contributed by atoms with Crippen molar-refractivity contribution >= 4 is 15.7 Å². The molecule has 1 atom stereocenters. The Kier molecular flexibility index (Phi) is 5.95. The van der Waals surface area contributed by atoms with Crippen molar-refractivity contribution in [2.45, 2.75) is 31.6 Å². The molecular weight excluding hydrogens is 368 g/mol. The fourth-order valence-corrected chi connectivity index (χ4v) is 3.73. The van der Waals surface area contributed by atoms with Crippen LogP contribution in [0.4, 0.5) is 0 Å². The number of hydrogen-bond donors (Lipinski definition) is 1. The van der Waals surface area contributed by atoms with Crippen molar-refractivity contribution in [3.8, 4) is 0 Å². The summed E-state index contributed by atoms with van der Waals surface area (Å²) in [5.74, 6) is -0.0791. The fraction of sp³-hybridized carbons (Fsp3) is 0.174. The lowest BCUT2D eigenvalue weighted by Crippen LogP contribution is -2.23. The maximum absolute atomic E-state index is 12.7. The monoisotopic (exact) mass is 392 g/mol. The van der Waals surface area contributed by atoms with Crippen LogP contribution in [0, 0.1) is 13.8 Å². The van der Waals surface area contributed by atoms with Crippen LogP contribution >= 0.6 is 0 Å². The van der Waals surface area contributed by atoms with Gasteiger partial charge in [0.1, 0.15) is 0 Å². The second-order valence-corrected chi connectivity index (χ2v) is 8.56. The standard InChI is InChI=1S/C23H24N2O2S/c1-17-9-13-21(14-10-17)23(19(3)20-7-5-4-6-8-20)24-25-28(26,27)22-15-11-18(2)12-16-22/h4-16,19,25H,1-3H3/b24-23-/t19-/m0/s1. The Morgan fingerprint density at radius 1 is 0.821 bits per heavy atom. The van der Waals surface area contributed by atoms with Gasteiger partial charge in [-0.3, -0.25) is 0 Å². The Bertz CT molecular complexity index is 1060. The third kappa shape index (κ3) is 4.67. The summed E-state index contributed by atoms with van der Waals surface area (Å²) in [7, 11) is -3.74. The molecule has 0 saturated heterocycles. The highest BCUT2D eigenvalue weighted by atomic mass is 32.2. The first-order valence-corrected chi connectivity index (χ1v) is 10.6. The Balaban J connectivity index is 1.98. The van der Waals surface area contributed by atoms with Crippen LogP contribution in [0.1, 0.15) is 35.1 Å². The number of nitrogens with one attached hydrogen (secondary N) is 1. The van der Waals surface area contributed by atoms with E-state index in [4.69, 9.17) is 0 Å². The molecule has 4 nitrogen and oxygen atoms in total. The minimum absolute atomic E-state index is 0.0791. The molecule has 3 rings (SSSR count). The van der Waals surface area contributed by atoms with Gasteiger partial charge >= 0.3 is 0 Å². The molecule has 0 aromatic heterocycles. The average Bonchev–Trinajstić information content (AvgIpc) is 2.70. The fourth-order valence-electron chi connectivity index (χ4n) is 2.91. The molecule has 0 heterocycles. The van der Waals surface area contributed by atoms with E-state index in [0.717, 1.165) is 22.3 Å². The molecule has 0 aliphatic carbocycles. The predicted octanol–water partition coefficient (Wildman–Crippen LogP) is 4.79. The Morgan fingerprint density at radius 2 is 1.36 bits per heavy atom. The molecular formula is C23H24N2O2S. The van der Waals surface area contributed by atoms with Gasteiger partial charge in [-0.2, -0.15) is 18.4 Å². The molecule has 3 aromatic carbocycles. The van der Waals surface area contributed by atoms with Gasteiger partial charge in [-0.15, -0.1) is 0 Å². The van der Waals surface area contributed by atoms with Gasteiger partial charge in [0, 0.05) is 5.92 Å². The minimum Gasteiger partial charge on any atom is -0.200 e. The van der Waals surface area contributed by atoms with Gasteiger partial charge in [0.25, 0.3) is 10.0 Å². The zero-order chi connectivity index (χ0) is 20.1. The second kappa shape index (κ2) is 8.40. The lowest BCUT2D eigenvalue weighted by molar-refractivity contribution is 0.584. The Labute approximate surface area is 167 Å². The van der Waals surface area contributed by atoms with Crippen molar-refractivity contribution in [3.05, 3.63) is 101 Å². The third-order valence-electron chi connectivity index (χ3n) is 4.67. The molecule has 0 spiro atoms. The average molecular weight is 393 g/mol. The van der Waals surface area contributed by atoms with Crippen molar-refractivity contribution in [2.24, 2.45) is 5.10 Å². The van der Waals surface area contributed by atoms with Gasteiger partial charge in [-0.1, -0.05) is 84.8 Å². The van der Waals surface area contributed by atoms with Crippen LogP contribution in [-0.2, 0) is 10.0 Å². The van der Waals surface area contributed by atoms with E-state index in [1.165, 1.54) is 0 Å². The Hall–Kier alpha value is -2.92. The molecule has 5 heteroatoms. The summed E-state index contributed by atoms with van der Waals surface area (Å²) in [4.78, 5) is 2.61. The summed E-state index contributed by atoms with van der Waals surface area (Å²) in [5, 5.41) is 4.35. The lowest BCUT2D eigenvalue weighted by Gasteiger charge is -2.16. The molecule has 0 fully saturated rings. The van der Waals surface area contributed by atoms with E-state index < -0.39 is 10.0 Å². The summed E-state index contributed by atoms with van der Waals surface area (Å²) in [5.41, 5.74) is 4.75. The molecule has 0 saturated carbocycles. The SMILES string of the molecule is Cc1ccc(/C(=N\NS(=O)(=O)c2ccc(C)cc2)[C@@H](C)c2ccccc2)cc1. The number of rotatable bonds is 6. The molecule has 0 aliphatic heterocycles. The third-order valence-corrected chi connectivity index (χ3v) is 5.90. The van der Waals surface area contributed by atoms with Gasteiger partial charge in [-0.05, 0) is 37.1 Å². The van der Waals surface area contributed by atoms with Crippen LogP contribution in [-0.4, -0.2) is 14.1 Å². The molecule has 144 valence electrons. The van der Waals surface area contributed by atoms with E-state index in [1.54, 1.807) is 24.3 Å². The largest absolute Gasteiger partial charge is 0.276 e. The Morgan fingerprint density at radius 3 is 1.93 bits per heavy atom. The van der Waals surface area contributed by atoms with E-state index in [9.17, 15) is 8.42 Å². The summed E-state index contributed by atoms with van der Waals surface area (Å²) in [6.45, 7) is 5.95.